The van der Waals surface area contributed by atoms with Crippen molar-refractivity contribution in [3.63, 3.8) is 0 Å². The number of urea groups is 1. The van der Waals surface area contributed by atoms with Gasteiger partial charge in [-0.15, -0.1) is 0 Å². The number of aryl methyl sites for hydroxylation is 1. The molecule has 0 atom stereocenters. The summed E-state index contributed by atoms with van der Waals surface area (Å²) >= 11 is 6.20. The fourth-order valence-electron chi connectivity index (χ4n) is 4.21. The van der Waals surface area contributed by atoms with E-state index in [4.69, 9.17) is 26.1 Å². The molecule has 0 aliphatic heterocycles. The Kier molecular flexibility index (Phi) is 9.44. The third kappa shape index (κ3) is 7.51. The lowest BCUT2D eigenvalue weighted by molar-refractivity contribution is -0.137. The number of rotatable bonds is 12. The van der Waals surface area contributed by atoms with Crippen LogP contribution < -0.4 is 16.0 Å². The highest BCUT2D eigenvalue weighted by molar-refractivity contribution is 6.31. The number of fused-ring (bicyclic) bond motifs is 1. The maximum absolute atomic E-state index is 12.4. The first-order valence-corrected chi connectivity index (χ1v) is 13.5. The van der Waals surface area contributed by atoms with Crippen molar-refractivity contribution < 1.29 is 19.1 Å². The van der Waals surface area contributed by atoms with Crippen LogP contribution in [0.5, 0.6) is 0 Å². The van der Waals surface area contributed by atoms with Crippen molar-refractivity contribution in [2.24, 2.45) is 0 Å². The third-order valence-corrected chi connectivity index (χ3v) is 6.73. The fraction of sp³-hybridized carbons (Fsp3) is 0.300. The number of carboxylic acid groups (broad SMARTS) is 1. The van der Waals surface area contributed by atoms with Crippen LogP contribution in [-0.2, 0) is 4.79 Å². The first-order valence-electron chi connectivity index (χ1n) is 13.2. The number of carbonyl (C=O) groups excluding carboxylic acids is 1. The lowest BCUT2D eigenvalue weighted by atomic mass is 10.0. The van der Waals surface area contributed by atoms with Gasteiger partial charge in [-0.1, -0.05) is 37.1 Å². The van der Waals surface area contributed by atoms with Gasteiger partial charge in [0, 0.05) is 35.9 Å². The summed E-state index contributed by atoms with van der Waals surface area (Å²) in [6, 6.07) is 17.1. The summed E-state index contributed by atoms with van der Waals surface area (Å²) in [6.45, 7) is 5.32. The van der Waals surface area contributed by atoms with Crippen molar-refractivity contribution in [2.75, 3.05) is 23.7 Å². The van der Waals surface area contributed by atoms with Gasteiger partial charge in [-0.05, 0) is 85.3 Å². The monoisotopic (exact) mass is 548 g/mol. The van der Waals surface area contributed by atoms with Crippen molar-refractivity contribution in [3.8, 4) is 22.6 Å². The molecule has 0 aliphatic carbocycles. The van der Waals surface area contributed by atoms with E-state index in [1.165, 1.54) is 0 Å². The SMILES string of the molecule is CCCNc1ccc(NC(=O)NCCCCCC(=O)O)cc1-c1nc2cc(-c3ccc(Cl)c(C)c3)ccc2o1. The van der Waals surface area contributed by atoms with E-state index >= 15 is 0 Å². The summed E-state index contributed by atoms with van der Waals surface area (Å²) in [7, 11) is 0. The van der Waals surface area contributed by atoms with Crippen molar-refractivity contribution >= 4 is 46.1 Å². The molecule has 0 saturated carbocycles. The molecule has 0 spiro atoms. The Bertz CT molecular complexity index is 1470. The number of halogens is 1. The molecule has 204 valence electrons. The van der Waals surface area contributed by atoms with Crippen LogP contribution in [0.25, 0.3) is 33.7 Å². The first-order chi connectivity index (χ1) is 18.8. The van der Waals surface area contributed by atoms with Gasteiger partial charge in [-0.2, -0.15) is 0 Å². The molecule has 0 aliphatic rings. The molecule has 3 aromatic carbocycles. The van der Waals surface area contributed by atoms with Crippen LogP contribution in [0.1, 0.15) is 44.6 Å². The highest BCUT2D eigenvalue weighted by Crippen LogP contribution is 2.34. The normalized spacial score (nSPS) is 10.9. The Hall–Kier alpha value is -4.04. The van der Waals surface area contributed by atoms with Crippen LogP contribution in [-0.4, -0.2) is 35.2 Å². The zero-order valence-corrected chi connectivity index (χ0v) is 22.9. The van der Waals surface area contributed by atoms with E-state index < -0.39 is 5.97 Å². The summed E-state index contributed by atoms with van der Waals surface area (Å²) in [5.41, 5.74) is 6.68. The quantitative estimate of drug-likeness (QED) is 0.135. The molecule has 39 heavy (non-hydrogen) atoms. The van der Waals surface area contributed by atoms with Crippen LogP contribution >= 0.6 is 11.6 Å². The number of benzene rings is 3. The fourth-order valence-corrected chi connectivity index (χ4v) is 4.33. The maximum Gasteiger partial charge on any atom is 0.319 e. The van der Waals surface area contributed by atoms with E-state index in [1.54, 1.807) is 0 Å². The van der Waals surface area contributed by atoms with Gasteiger partial charge in [0.05, 0.1) is 5.56 Å². The summed E-state index contributed by atoms with van der Waals surface area (Å²) in [5.74, 6) is -0.347. The Morgan fingerprint density at radius 1 is 0.974 bits per heavy atom. The Balaban J connectivity index is 1.52. The Labute approximate surface area is 232 Å². The lowest BCUT2D eigenvalue weighted by Crippen LogP contribution is -2.29. The summed E-state index contributed by atoms with van der Waals surface area (Å²) in [4.78, 5) is 27.8. The molecule has 8 nitrogen and oxygen atoms in total. The van der Waals surface area contributed by atoms with E-state index in [0.717, 1.165) is 57.9 Å². The number of aliphatic carboxylic acids is 1. The van der Waals surface area contributed by atoms with Crippen molar-refractivity contribution in [1.82, 2.24) is 10.3 Å². The predicted octanol–water partition coefficient (Wildman–Crippen LogP) is 7.71. The molecule has 0 saturated heterocycles. The Morgan fingerprint density at radius 3 is 2.54 bits per heavy atom. The minimum Gasteiger partial charge on any atom is -0.481 e. The van der Waals surface area contributed by atoms with E-state index in [9.17, 15) is 9.59 Å². The average molecular weight is 549 g/mol. The zero-order chi connectivity index (χ0) is 27.8. The van der Waals surface area contributed by atoms with Crippen LogP contribution in [0.15, 0.2) is 59.0 Å². The Morgan fingerprint density at radius 2 is 1.77 bits per heavy atom. The summed E-state index contributed by atoms with van der Waals surface area (Å²) in [5, 5.41) is 18.5. The van der Waals surface area contributed by atoms with Gasteiger partial charge in [0.15, 0.2) is 5.58 Å². The predicted molar refractivity (Wildman–Crippen MR) is 157 cm³/mol. The average Bonchev–Trinajstić information content (AvgIpc) is 3.34. The van der Waals surface area contributed by atoms with E-state index in [-0.39, 0.29) is 12.5 Å². The minimum absolute atomic E-state index is 0.144. The summed E-state index contributed by atoms with van der Waals surface area (Å²) < 4.78 is 6.15. The van der Waals surface area contributed by atoms with E-state index in [1.807, 2.05) is 61.5 Å². The topological polar surface area (TPSA) is 116 Å². The summed E-state index contributed by atoms with van der Waals surface area (Å²) in [6.07, 6.45) is 3.15. The molecule has 0 radical (unpaired) electrons. The zero-order valence-electron chi connectivity index (χ0n) is 22.1. The second kappa shape index (κ2) is 13.2. The van der Waals surface area contributed by atoms with Gasteiger partial charge in [0.25, 0.3) is 0 Å². The smallest absolute Gasteiger partial charge is 0.319 e. The molecule has 0 fully saturated rings. The number of anilines is 2. The second-order valence-corrected chi connectivity index (χ2v) is 9.85. The molecule has 9 heteroatoms. The first kappa shape index (κ1) is 28.0. The minimum atomic E-state index is -0.801. The number of aromatic nitrogens is 1. The molecule has 0 unspecified atom stereocenters. The number of hydrogen-bond acceptors (Lipinski definition) is 5. The standard InChI is InChI=1S/C30H33ClN4O4/c1-3-14-32-25-12-10-22(34-30(38)33-15-6-4-5-7-28(36)37)18-23(25)29-35-26-17-21(9-13-27(26)39-29)20-8-11-24(31)19(2)16-20/h8-13,16-18,32H,3-7,14-15H2,1-2H3,(H,36,37)(H2,33,34,38). The van der Waals surface area contributed by atoms with Gasteiger partial charge >= 0.3 is 12.0 Å². The van der Waals surface area contributed by atoms with Gasteiger partial charge < -0.3 is 25.5 Å². The molecule has 1 heterocycles. The van der Waals surface area contributed by atoms with E-state index in [0.29, 0.717) is 36.5 Å². The number of oxazole rings is 1. The molecule has 1 aromatic heterocycles. The number of amides is 2. The second-order valence-electron chi connectivity index (χ2n) is 9.44. The highest BCUT2D eigenvalue weighted by atomic mass is 35.5. The van der Waals surface area contributed by atoms with E-state index in [2.05, 4.69) is 22.9 Å². The molecule has 4 N–H and O–H groups in total. The van der Waals surface area contributed by atoms with Gasteiger partial charge in [-0.3, -0.25) is 4.79 Å². The van der Waals surface area contributed by atoms with Gasteiger partial charge in [0.1, 0.15) is 5.52 Å². The van der Waals surface area contributed by atoms with Gasteiger partial charge in [-0.25, -0.2) is 9.78 Å². The third-order valence-electron chi connectivity index (χ3n) is 6.31. The molecule has 4 rings (SSSR count). The molecule has 2 amide bonds. The highest BCUT2D eigenvalue weighted by Gasteiger charge is 2.15. The van der Waals surface area contributed by atoms with Crippen LogP contribution in [0.4, 0.5) is 16.2 Å². The largest absolute Gasteiger partial charge is 0.481 e. The van der Waals surface area contributed by atoms with Crippen LogP contribution in [0.2, 0.25) is 5.02 Å². The van der Waals surface area contributed by atoms with Crippen molar-refractivity contribution in [2.45, 2.75) is 46.0 Å². The maximum atomic E-state index is 12.4. The van der Waals surface area contributed by atoms with Crippen LogP contribution in [0, 0.1) is 6.92 Å². The molecule has 4 aromatic rings. The number of nitrogens with zero attached hydrogens (tertiary/aromatic N) is 1. The number of unbranched alkanes of at least 4 members (excludes halogenated alkanes) is 2. The number of carboxylic acids is 1. The molecule has 0 bridgehead atoms. The number of nitrogens with one attached hydrogen (secondary N) is 3. The molecular formula is C30H33ClN4O4. The number of carbonyl (C=O) groups is 2. The lowest BCUT2D eigenvalue weighted by Gasteiger charge is -2.12. The van der Waals surface area contributed by atoms with Gasteiger partial charge in [0.2, 0.25) is 5.89 Å². The molecular weight excluding hydrogens is 516 g/mol. The number of hydrogen-bond donors (Lipinski definition) is 4. The van der Waals surface area contributed by atoms with Crippen molar-refractivity contribution in [1.29, 1.82) is 0 Å². The van der Waals surface area contributed by atoms with Crippen LogP contribution in [0.3, 0.4) is 0 Å². The van der Waals surface area contributed by atoms with Crippen molar-refractivity contribution in [3.05, 3.63) is 65.2 Å².